The fraction of sp³-hybridized carbons (Fsp3) is 0.333. The minimum atomic E-state index is 0.374. The zero-order valence-corrected chi connectivity index (χ0v) is 7.67. The summed E-state index contributed by atoms with van der Waals surface area (Å²) in [5.74, 6) is 0. The monoisotopic (exact) mass is 203 g/mol. The predicted octanol–water partition coefficient (Wildman–Crippen LogP) is 0.946. The molecule has 0 aliphatic carbocycles. The fourth-order valence-electron chi connectivity index (χ4n) is 0.438. The Morgan fingerprint density at radius 1 is 1.70 bits per heavy atom. The summed E-state index contributed by atoms with van der Waals surface area (Å²) in [6.07, 6.45) is 1.81. The van der Waals surface area contributed by atoms with Crippen molar-refractivity contribution >= 4 is 24.9 Å². The molecule has 0 aromatic carbocycles. The zero-order chi connectivity index (χ0) is 7.40. The van der Waals surface area contributed by atoms with E-state index < -0.39 is 0 Å². The van der Waals surface area contributed by atoms with Gasteiger partial charge in [-0.3, -0.25) is 0 Å². The summed E-state index contributed by atoms with van der Waals surface area (Å²) >= 11 is 0.374. The van der Waals surface area contributed by atoms with Gasteiger partial charge in [0.15, 0.2) is 0 Å². The van der Waals surface area contributed by atoms with Crippen LogP contribution in [0.2, 0.25) is 0 Å². The molecule has 1 heterocycles. The van der Waals surface area contributed by atoms with Crippen LogP contribution in [0.25, 0.3) is 0 Å². The Hall–Kier alpha value is -0.601. The van der Waals surface area contributed by atoms with Crippen LogP contribution in [0.3, 0.4) is 0 Å². The second kappa shape index (κ2) is 3.54. The van der Waals surface area contributed by atoms with Crippen LogP contribution in [-0.2, 0) is 0 Å². The summed E-state index contributed by atoms with van der Waals surface area (Å²) in [6.45, 7) is 3.89. The summed E-state index contributed by atoms with van der Waals surface area (Å²) < 4.78 is 0.980. The van der Waals surface area contributed by atoms with Crippen molar-refractivity contribution in [2.24, 2.45) is 5.10 Å². The Morgan fingerprint density at radius 3 is 3.00 bits per heavy atom. The maximum absolute atomic E-state index is 4.05. The second-order valence-electron chi connectivity index (χ2n) is 2.01. The quantitative estimate of drug-likeness (QED) is 0.440. The van der Waals surface area contributed by atoms with Crippen LogP contribution in [0.15, 0.2) is 16.2 Å². The summed E-state index contributed by atoms with van der Waals surface area (Å²) in [6, 6.07) is 0. The van der Waals surface area contributed by atoms with Gasteiger partial charge < -0.3 is 0 Å². The molecule has 0 saturated carbocycles. The number of hydrogen-bond donors (Lipinski definition) is 1. The van der Waals surface area contributed by atoms with Crippen molar-refractivity contribution in [1.29, 1.82) is 0 Å². The molecule has 0 bridgehead atoms. The summed E-state index contributed by atoms with van der Waals surface area (Å²) in [5.41, 5.74) is 3.90. The first-order valence-electron chi connectivity index (χ1n) is 2.95. The minimum absolute atomic E-state index is 0.374. The summed E-state index contributed by atoms with van der Waals surface area (Å²) in [5, 5.41) is 4.02. The van der Waals surface area contributed by atoms with E-state index in [1.165, 1.54) is 0 Å². The predicted molar refractivity (Wildman–Crippen MR) is 43.6 cm³/mol. The molecule has 3 nitrogen and oxygen atoms in total. The number of nitrogens with zero attached hydrogens (tertiary/aromatic N) is 2. The molecule has 0 spiro atoms. The molecule has 1 N–H and O–H groups in total. The number of anilines is 1. The van der Waals surface area contributed by atoms with Gasteiger partial charge in [0, 0.05) is 0 Å². The van der Waals surface area contributed by atoms with E-state index in [1.54, 1.807) is 0 Å². The first-order chi connectivity index (χ1) is 4.79. The Bertz CT molecular complexity index is 211. The SMILES string of the molecule is CC(C)=NNc1ncc[se]1. The molecule has 1 rings (SSSR count). The molecule has 1 aromatic heterocycles. The van der Waals surface area contributed by atoms with Gasteiger partial charge in [-0.05, 0) is 0 Å². The van der Waals surface area contributed by atoms with E-state index in [1.807, 2.05) is 20.0 Å². The van der Waals surface area contributed by atoms with E-state index in [0.717, 1.165) is 10.4 Å². The molecule has 1 aromatic rings. The van der Waals surface area contributed by atoms with Crippen LogP contribution in [0, 0.1) is 0 Å². The molecule has 0 radical (unpaired) electrons. The van der Waals surface area contributed by atoms with Crippen LogP contribution in [0.5, 0.6) is 0 Å². The molecule has 0 saturated heterocycles. The summed E-state index contributed by atoms with van der Waals surface area (Å²) in [4.78, 5) is 6.10. The summed E-state index contributed by atoms with van der Waals surface area (Å²) in [7, 11) is 0. The van der Waals surface area contributed by atoms with Crippen LogP contribution >= 0.6 is 0 Å². The standard InChI is InChI=1S/C6H9N3Se/c1-5(2)8-9-6-7-3-4-10-6/h3-4H,1-2H3,(H,7,9). The first-order valence-corrected chi connectivity index (χ1v) is 4.80. The Kier molecular flexibility index (Phi) is 2.66. The van der Waals surface area contributed by atoms with E-state index >= 15 is 0 Å². The van der Waals surface area contributed by atoms with Crippen LogP contribution in [-0.4, -0.2) is 25.2 Å². The molecule has 0 unspecified atom stereocenters. The number of nitrogens with one attached hydrogen (secondary N) is 1. The van der Waals surface area contributed by atoms with Crippen LogP contribution in [0.1, 0.15) is 13.8 Å². The van der Waals surface area contributed by atoms with Gasteiger partial charge in [0.05, 0.1) is 0 Å². The molecule has 0 amide bonds. The third-order valence-corrected chi connectivity index (χ3v) is 2.23. The Balaban J connectivity index is 2.49. The fourth-order valence-corrected chi connectivity index (χ4v) is 1.43. The molecular weight excluding hydrogens is 193 g/mol. The first kappa shape index (κ1) is 7.51. The molecule has 0 atom stereocenters. The number of aromatic nitrogens is 1. The number of hydrazone groups is 1. The average molecular weight is 202 g/mol. The van der Waals surface area contributed by atoms with Gasteiger partial charge in [0.1, 0.15) is 0 Å². The van der Waals surface area contributed by atoms with Gasteiger partial charge in [-0.2, -0.15) is 0 Å². The van der Waals surface area contributed by atoms with E-state index in [9.17, 15) is 0 Å². The number of hydrogen-bond acceptors (Lipinski definition) is 3. The van der Waals surface area contributed by atoms with Crippen molar-refractivity contribution in [3.63, 3.8) is 0 Å². The van der Waals surface area contributed by atoms with E-state index in [2.05, 4.69) is 20.5 Å². The normalized spacial score (nSPS) is 9.00. The molecule has 54 valence electrons. The third kappa shape index (κ3) is 2.33. The van der Waals surface area contributed by atoms with Gasteiger partial charge in [0.2, 0.25) is 0 Å². The van der Waals surface area contributed by atoms with E-state index in [-0.39, 0.29) is 0 Å². The molecule has 4 heteroatoms. The molecular formula is C6H9N3Se. The average Bonchev–Trinajstić information content (AvgIpc) is 2.34. The van der Waals surface area contributed by atoms with Gasteiger partial charge in [-0.1, -0.05) is 0 Å². The third-order valence-electron chi connectivity index (χ3n) is 0.807. The second-order valence-corrected chi connectivity index (χ2v) is 3.88. The van der Waals surface area contributed by atoms with Gasteiger partial charge in [0.25, 0.3) is 0 Å². The Labute approximate surface area is 65.9 Å². The van der Waals surface area contributed by atoms with E-state index in [0.29, 0.717) is 14.5 Å². The van der Waals surface area contributed by atoms with Crippen molar-refractivity contribution in [3.8, 4) is 0 Å². The maximum atomic E-state index is 4.05. The molecule has 0 aliphatic heterocycles. The van der Waals surface area contributed by atoms with Crippen molar-refractivity contribution in [1.82, 2.24) is 4.98 Å². The molecule has 0 fully saturated rings. The Morgan fingerprint density at radius 2 is 2.50 bits per heavy atom. The molecule has 0 aliphatic rings. The van der Waals surface area contributed by atoms with Crippen LogP contribution in [0.4, 0.5) is 4.69 Å². The van der Waals surface area contributed by atoms with Crippen LogP contribution < -0.4 is 5.43 Å². The van der Waals surface area contributed by atoms with Gasteiger partial charge in [-0.25, -0.2) is 0 Å². The number of rotatable bonds is 2. The zero-order valence-electron chi connectivity index (χ0n) is 5.96. The van der Waals surface area contributed by atoms with Crippen molar-refractivity contribution in [3.05, 3.63) is 11.1 Å². The molecule has 10 heavy (non-hydrogen) atoms. The van der Waals surface area contributed by atoms with Crippen molar-refractivity contribution < 1.29 is 0 Å². The van der Waals surface area contributed by atoms with Gasteiger partial charge >= 0.3 is 65.4 Å². The van der Waals surface area contributed by atoms with Crippen molar-refractivity contribution in [2.75, 3.05) is 5.43 Å². The van der Waals surface area contributed by atoms with Gasteiger partial charge in [-0.15, -0.1) is 0 Å². The topological polar surface area (TPSA) is 37.3 Å². The van der Waals surface area contributed by atoms with E-state index in [4.69, 9.17) is 0 Å². The van der Waals surface area contributed by atoms with Crippen molar-refractivity contribution in [2.45, 2.75) is 13.8 Å².